The van der Waals surface area contributed by atoms with Crippen LogP contribution in [0.1, 0.15) is 19.3 Å². The molecule has 1 heteroatoms. The van der Waals surface area contributed by atoms with Crippen LogP contribution in [0.5, 0.6) is 0 Å². The number of likely N-dealkylation sites (tertiary alicyclic amines) is 1. The number of rotatable bonds is 2. The maximum atomic E-state index is 2.63. The molecule has 3 rings (SSSR count). The van der Waals surface area contributed by atoms with Crippen LogP contribution in [0.15, 0.2) is 23.8 Å². The Hall–Kier alpha value is -0.560. The second kappa shape index (κ2) is 2.98. The van der Waals surface area contributed by atoms with E-state index < -0.39 is 0 Å². The summed E-state index contributed by atoms with van der Waals surface area (Å²) in [6, 6.07) is 0. The minimum atomic E-state index is 1.08. The Bertz CT molecular complexity index is 254. The Morgan fingerprint density at radius 2 is 2.08 bits per heavy atom. The van der Waals surface area contributed by atoms with Crippen molar-refractivity contribution in [1.29, 1.82) is 0 Å². The van der Waals surface area contributed by atoms with E-state index in [-0.39, 0.29) is 0 Å². The van der Waals surface area contributed by atoms with Gasteiger partial charge in [-0.1, -0.05) is 18.2 Å². The third-order valence-corrected chi connectivity index (χ3v) is 3.53. The Kier molecular flexibility index (Phi) is 1.79. The number of hydrogen-bond acceptors (Lipinski definition) is 1. The van der Waals surface area contributed by atoms with Gasteiger partial charge in [0.2, 0.25) is 0 Å². The van der Waals surface area contributed by atoms with Gasteiger partial charge in [0, 0.05) is 19.6 Å². The molecule has 70 valence electrons. The van der Waals surface area contributed by atoms with E-state index in [0.29, 0.717) is 0 Å². The molecular formula is C12H17N. The zero-order chi connectivity index (χ0) is 8.67. The monoisotopic (exact) mass is 175 g/mol. The summed E-state index contributed by atoms with van der Waals surface area (Å²) in [6.07, 6.45) is 11.1. The first-order chi connectivity index (χ1) is 6.42. The van der Waals surface area contributed by atoms with Gasteiger partial charge in [-0.15, -0.1) is 0 Å². The van der Waals surface area contributed by atoms with Gasteiger partial charge >= 0.3 is 0 Å². The summed E-state index contributed by atoms with van der Waals surface area (Å²) in [5.74, 6) is 2.15. The lowest BCUT2D eigenvalue weighted by atomic mass is 10.1. The van der Waals surface area contributed by atoms with Gasteiger partial charge in [0.15, 0.2) is 0 Å². The van der Waals surface area contributed by atoms with E-state index in [9.17, 15) is 0 Å². The van der Waals surface area contributed by atoms with E-state index in [4.69, 9.17) is 0 Å². The van der Waals surface area contributed by atoms with Crippen LogP contribution < -0.4 is 0 Å². The molecule has 3 aliphatic rings. The summed E-state index contributed by atoms with van der Waals surface area (Å²) in [4.78, 5) is 2.63. The lowest BCUT2D eigenvalue weighted by Crippen LogP contribution is -2.24. The van der Waals surface area contributed by atoms with Crippen LogP contribution in [0.2, 0.25) is 0 Å². The molecule has 1 nitrogen and oxygen atoms in total. The molecule has 0 N–H and O–H groups in total. The fraction of sp³-hybridized carbons (Fsp3) is 0.667. The number of allylic oxidation sites excluding steroid dienone is 2. The summed E-state index contributed by atoms with van der Waals surface area (Å²) in [7, 11) is 0. The highest BCUT2D eigenvalue weighted by atomic mass is 15.2. The number of hydrogen-bond donors (Lipinski definition) is 0. The second-order valence-electron chi connectivity index (χ2n) is 4.71. The van der Waals surface area contributed by atoms with Gasteiger partial charge < -0.3 is 0 Å². The van der Waals surface area contributed by atoms with Gasteiger partial charge in [-0.2, -0.15) is 0 Å². The molecular weight excluding hydrogens is 158 g/mol. The first-order valence-corrected chi connectivity index (χ1v) is 5.50. The Labute approximate surface area is 80.1 Å². The highest BCUT2D eigenvalue weighted by molar-refractivity contribution is 5.24. The highest BCUT2D eigenvalue weighted by Gasteiger charge is 2.44. The quantitative estimate of drug-likeness (QED) is 0.622. The molecule has 1 saturated carbocycles. The maximum Gasteiger partial charge on any atom is 0.0230 e. The van der Waals surface area contributed by atoms with E-state index >= 15 is 0 Å². The molecule has 0 amide bonds. The fourth-order valence-corrected chi connectivity index (χ4v) is 2.67. The molecule has 2 unspecified atom stereocenters. The third-order valence-electron chi connectivity index (χ3n) is 3.53. The zero-order valence-electron chi connectivity index (χ0n) is 8.08. The van der Waals surface area contributed by atoms with Gasteiger partial charge in [-0.3, -0.25) is 4.90 Å². The van der Waals surface area contributed by atoms with Crippen molar-refractivity contribution in [3.8, 4) is 0 Å². The van der Waals surface area contributed by atoms with E-state index in [1.54, 1.807) is 5.57 Å². The van der Waals surface area contributed by atoms with Gasteiger partial charge in [-0.05, 0) is 36.7 Å². The van der Waals surface area contributed by atoms with Crippen LogP contribution in [0, 0.1) is 11.8 Å². The molecule has 2 aliphatic carbocycles. The Balaban J connectivity index is 1.57. The predicted molar refractivity (Wildman–Crippen MR) is 54.5 cm³/mol. The van der Waals surface area contributed by atoms with Crippen molar-refractivity contribution in [3.05, 3.63) is 23.8 Å². The first-order valence-electron chi connectivity index (χ1n) is 5.50. The smallest absolute Gasteiger partial charge is 0.0230 e. The van der Waals surface area contributed by atoms with Crippen molar-refractivity contribution in [3.63, 3.8) is 0 Å². The fourth-order valence-electron chi connectivity index (χ4n) is 2.67. The van der Waals surface area contributed by atoms with E-state index in [1.807, 2.05) is 0 Å². The summed E-state index contributed by atoms with van der Waals surface area (Å²) in [6.45, 7) is 3.95. The van der Waals surface area contributed by atoms with Crippen molar-refractivity contribution in [2.24, 2.45) is 11.8 Å². The Morgan fingerprint density at radius 3 is 2.77 bits per heavy atom. The lowest BCUT2D eigenvalue weighted by molar-refractivity contribution is 0.332. The molecule has 0 bridgehead atoms. The molecule has 0 aromatic carbocycles. The molecule has 0 aromatic heterocycles. The lowest BCUT2D eigenvalue weighted by Gasteiger charge is -2.18. The summed E-state index contributed by atoms with van der Waals surface area (Å²) in [5.41, 5.74) is 1.55. The number of piperidine rings is 1. The first kappa shape index (κ1) is 7.81. The normalized spacial score (nSPS) is 37.4. The van der Waals surface area contributed by atoms with Crippen LogP contribution in [-0.4, -0.2) is 24.5 Å². The van der Waals surface area contributed by atoms with Crippen molar-refractivity contribution in [2.75, 3.05) is 19.6 Å². The molecule has 1 heterocycles. The number of nitrogens with zero attached hydrogens (tertiary/aromatic N) is 1. The van der Waals surface area contributed by atoms with Crippen molar-refractivity contribution in [2.45, 2.75) is 19.3 Å². The van der Waals surface area contributed by atoms with E-state index in [1.165, 1.54) is 38.9 Å². The maximum absolute atomic E-state index is 2.63. The van der Waals surface area contributed by atoms with Gasteiger partial charge in [-0.25, -0.2) is 0 Å². The van der Waals surface area contributed by atoms with Crippen molar-refractivity contribution in [1.82, 2.24) is 4.90 Å². The molecule has 0 aromatic rings. The molecule has 0 spiro atoms. The van der Waals surface area contributed by atoms with E-state index in [0.717, 1.165) is 11.8 Å². The average Bonchev–Trinajstić information content (AvgIpc) is 2.76. The van der Waals surface area contributed by atoms with Gasteiger partial charge in [0.25, 0.3) is 0 Å². The third kappa shape index (κ3) is 1.58. The molecule has 13 heavy (non-hydrogen) atoms. The summed E-state index contributed by atoms with van der Waals surface area (Å²) >= 11 is 0. The largest absolute Gasteiger partial charge is 0.299 e. The Morgan fingerprint density at radius 1 is 1.23 bits per heavy atom. The molecule has 1 saturated heterocycles. The minimum Gasteiger partial charge on any atom is -0.299 e. The standard InChI is InChI=1S/C12H17N/c1-2-4-10(5-3-1)7-13-8-11-6-12(11)9-13/h2,4-5,11-12H,1,3,6-9H2. The van der Waals surface area contributed by atoms with Crippen molar-refractivity contribution < 1.29 is 0 Å². The molecule has 2 fully saturated rings. The molecule has 2 atom stereocenters. The average molecular weight is 175 g/mol. The van der Waals surface area contributed by atoms with Gasteiger partial charge in [0.05, 0.1) is 0 Å². The summed E-state index contributed by atoms with van der Waals surface area (Å²) < 4.78 is 0. The van der Waals surface area contributed by atoms with Crippen LogP contribution >= 0.6 is 0 Å². The summed E-state index contributed by atoms with van der Waals surface area (Å²) in [5, 5.41) is 0. The topological polar surface area (TPSA) is 3.24 Å². The van der Waals surface area contributed by atoms with Crippen LogP contribution in [0.4, 0.5) is 0 Å². The zero-order valence-corrected chi connectivity index (χ0v) is 8.08. The SMILES string of the molecule is C1=CC(CN2CC3CC3C2)=CCC1. The van der Waals surface area contributed by atoms with Crippen molar-refractivity contribution >= 4 is 0 Å². The second-order valence-corrected chi connectivity index (χ2v) is 4.71. The van der Waals surface area contributed by atoms with Crippen LogP contribution in [0.25, 0.3) is 0 Å². The molecule has 1 aliphatic heterocycles. The van der Waals surface area contributed by atoms with Crippen LogP contribution in [-0.2, 0) is 0 Å². The molecule has 0 radical (unpaired) electrons. The van der Waals surface area contributed by atoms with Crippen LogP contribution in [0.3, 0.4) is 0 Å². The number of fused-ring (bicyclic) bond motifs is 1. The van der Waals surface area contributed by atoms with E-state index in [2.05, 4.69) is 23.1 Å². The highest BCUT2D eigenvalue weighted by Crippen LogP contribution is 2.44. The minimum absolute atomic E-state index is 1.08. The predicted octanol–water partition coefficient (Wildman–Crippen LogP) is 2.21. The van der Waals surface area contributed by atoms with Gasteiger partial charge in [0.1, 0.15) is 0 Å².